The number of aryl methyl sites for hydroxylation is 1. The van der Waals surface area contributed by atoms with E-state index in [0.29, 0.717) is 41.6 Å². The molecular weight excluding hydrogens is 452 g/mol. The number of H-pyrrole nitrogens is 1. The molecule has 2 N–H and O–H groups in total. The van der Waals surface area contributed by atoms with Crippen molar-refractivity contribution >= 4 is 34.7 Å². The van der Waals surface area contributed by atoms with Gasteiger partial charge in [-0.2, -0.15) is 25.6 Å². The highest BCUT2D eigenvalue weighted by Crippen LogP contribution is 2.67. The standard InChI is InChI=1S/C22H16ClF2N7O/c1-11-15-18(32-31-11)28-20(30-22-7-21(8-22,9-22)10-27)29-19(15)33-16-13(17(24)25)5-12(3-2-4-26)6-14(16)23/h2-3,5-6,17H,7-9H2,1H3,(H2,28,29,30,31,32)/b3-2+. The Balaban J connectivity index is 1.54. The third-order valence-electron chi connectivity index (χ3n) is 6.08. The fourth-order valence-corrected chi connectivity index (χ4v) is 4.94. The van der Waals surface area contributed by atoms with E-state index in [1.165, 1.54) is 24.3 Å². The number of allylic oxidation sites excluding steroid dienone is 1. The number of benzene rings is 1. The van der Waals surface area contributed by atoms with Crippen molar-refractivity contribution < 1.29 is 13.5 Å². The van der Waals surface area contributed by atoms with Crippen molar-refractivity contribution in [3.05, 3.63) is 40.1 Å². The number of nitrogens with zero attached hydrogens (tertiary/aromatic N) is 5. The SMILES string of the molecule is Cc1[nH]nc2nc(NC34CC(C#N)(C3)C4)nc(Oc3c(Cl)cc(/C=C/C#N)cc3C(F)F)c12. The number of aromatic amines is 1. The summed E-state index contributed by atoms with van der Waals surface area (Å²) in [4.78, 5) is 8.85. The predicted octanol–water partition coefficient (Wildman–Crippen LogP) is 5.44. The topological polar surface area (TPSA) is 123 Å². The lowest BCUT2D eigenvalue weighted by molar-refractivity contribution is -0.0665. The molecule has 3 fully saturated rings. The van der Waals surface area contributed by atoms with Crippen LogP contribution in [0.2, 0.25) is 5.02 Å². The molecule has 3 aliphatic carbocycles. The molecule has 0 aliphatic heterocycles. The minimum Gasteiger partial charge on any atom is -0.436 e. The summed E-state index contributed by atoms with van der Waals surface area (Å²) in [7, 11) is 0. The zero-order chi connectivity index (χ0) is 23.4. The average molecular weight is 468 g/mol. The second-order valence-corrected chi connectivity index (χ2v) is 8.92. The fraction of sp³-hybridized carbons (Fsp3) is 0.318. The van der Waals surface area contributed by atoms with Crippen molar-refractivity contribution in [1.82, 2.24) is 20.2 Å². The van der Waals surface area contributed by atoms with Crippen LogP contribution in [0.3, 0.4) is 0 Å². The first kappa shape index (κ1) is 21.1. The highest BCUT2D eigenvalue weighted by Gasteiger charge is 2.69. The number of anilines is 1. The maximum atomic E-state index is 13.9. The van der Waals surface area contributed by atoms with E-state index in [1.807, 2.05) is 6.07 Å². The first-order valence-electron chi connectivity index (χ1n) is 10.0. The normalized spacial score (nSPS) is 23.1. The van der Waals surface area contributed by atoms with E-state index in [9.17, 15) is 14.0 Å². The van der Waals surface area contributed by atoms with Gasteiger partial charge in [-0.3, -0.25) is 5.10 Å². The second-order valence-electron chi connectivity index (χ2n) is 8.51. The average Bonchev–Trinajstić information content (AvgIpc) is 3.10. The molecule has 0 amide bonds. The molecule has 2 aromatic heterocycles. The van der Waals surface area contributed by atoms with E-state index in [2.05, 4.69) is 31.6 Å². The van der Waals surface area contributed by atoms with Gasteiger partial charge in [-0.25, -0.2) is 8.78 Å². The minimum atomic E-state index is -2.88. The monoisotopic (exact) mass is 467 g/mol. The number of halogens is 3. The Kier molecular flexibility index (Phi) is 4.73. The molecule has 6 rings (SSSR count). The zero-order valence-electron chi connectivity index (χ0n) is 17.3. The third-order valence-corrected chi connectivity index (χ3v) is 6.37. The van der Waals surface area contributed by atoms with Gasteiger partial charge in [0.15, 0.2) is 11.4 Å². The van der Waals surface area contributed by atoms with Crippen LogP contribution in [0, 0.1) is 35.0 Å². The number of aromatic nitrogens is 4. The van der Waals surface area contributed by atoms with Crippen molar-refractivity contribution in [3.8, 4) is 23.8 Å². The maximum Gasteiger partial charge on any atom is 0.267 e. The van der Waals surface area contributed by atoms with E-state index < -0.39 is 12.0 Å². The van der Waals surface area contributed by atoms with Gasteiger partial charge in [-0.15, -0.1) is 0 Å². The number of alkyl halides is 2. The first-order valence-corrected chi connectivity index (χ1v) is 10.4. The largest absolute Gasteiger partial charge is 0.436 e. The molecule has 2 bridgehead atoms. The van der Waals surface area contributed by atoms with E-state index >= 15 is 0 Å². The van der Waals surface area contributed by atoms with E-state index in [-0.39, 0.29) is 33.6 Å². The van der Waals surface area contributed by atoms with Crippen LogP contribution in [-0.4, -0.2) is 25.7 Å². The molecule has 0 unspecified atom stereocenters. The number of ether oxygens (including phenoxy) is 1. The maximum absolute atomic E-state index is 13.9. The molecule has 3 aromatic rings. The van der Waals surface area contributed by atoms with Crippen molar-refractivity contribution in [1.29, 1.82) is 10.5 Å². The number of hydrogen-bond acceptors (Lipinski definition) is 7. The Morgan fingerprint density at radius 1 is 1.27 bits per heavy atom. The Labute approximate surface area is 191 Å². The Bertz CT molecular complexity index is 1380. The van der Waals surface area contributed by atoms with E-state index in [1.54, 1.807) is 6.92 Å². The molecule has 3 saturated carbocycles. The Hall–Kier alpha value is -3.76. The van der Waals surface area contributed by atoms with Crippen LogP contribution in [0.4, 0.5) is 14.7 Å². The lowest BCUT2D eigenvalue weighted by atomic mass is 9.40. The second kappa shape index (κ2) is 7.39. The predicted molar refractivity (Wildman–Crippen MR) is 116 cm³/mol. The summed E-state index contributed by atoms with van der Waals surface area (Å²) < 4.78 is 33.6. The summed E-state index contributed by atoms with van der Waals surface area (Å²) in [5, 5.41) is 28.6. The van der Waals surface area contributed by atoms with Crippen LogP contribution in [0.15, 0.2) is 18.2 Å². The molecule has 1 aromatic carbocycles. The smallest absolute Gasteiger partial charge is 0.267 e. The van der Waals surface area contributed by atoms with Gasteiger partial charge in [0.1, 0.15) is 5.39 Å². The van der Waals surface area contributed by atoms with Crippen molar-refractivity contribution in [3.63, 3.8) is 0 Å². The summed E-state index contributed by atoms with van der Waals surface area (Å²) in [6.07, 6.45) is 1.77. The number of fused-ring (bicyclic) bond motifs is 1. The fourth-order valence-electron chi connectivity index (χ4n) is 4.67. The molecule has 0 saturated heterocycles. The van der Waals surface area contributed by atoms with Crippen LogP contribution in [0.1, 0.15) is 42.5 Å². The van der Waals surface area contributed by atoms with Gasteiger partial charge in [0.2, 0.25) is 11.8 Å². The van der Waals surface area contributed by atoms with Crippen molar-refractivity contribution in [2.75, 3.05) is 5.32 Å². The zero-order valence-corrected chi connectivity index (χ0v) is 18.0. The quantitative estimate of drug-likeness (QED) is 0.462. The van der Waals surface area contributed by atoms with Crippen LogP contribution >= 0.6 is 11.6 Å². The van der Waals surface area contributed by atoms with Crippen molar-refractivity contribution in [2.24, 2.45) is 5.41 Å². The summed E-state index contributed by atoms with van der Waals surface area (Å²) in [6.45, 7) is 1.74. The van der Waals surface area contributed by atoms with Crippen molar-refractivity contribution in [2.45, 2.75) is 38.2 Å². The molecule has 33 heavy (non-hydrogen) atoms. The summed E-state index contributed by atoms with van der Waals surface area (Å²) in [5.74, 6) is 0.0271. The number of nitriles is 2. The van der Waals surface area contributed by atoms with Gasteiger partial charge in [0, 0.05) is 17.3 Å². The highest BCUT2D eigenvalue weighted by atomic mass is 35.5. The minimum absolute atomic E-state index is 0.0273. The van der Waals surface area contributed by atoms with Crippen LogP contribution in [0.25, 0.3) is 17.1 Å². The lowest BCUT2D eigenvalue weighted by Gasteiger charge is -2.66. The van der Waals surface area contributed by atoms with Gasteiger partial charge < -0.3 is 10.1 Å². The molecule has 2 heterocycles. The van der Waals surface area contributed by atoms with E-state index in [0.717, 1.165) is 0 Å². The lowest BCUT2D eigenvalue weighted by Crippen LogP contribution is -2.70. The van der Waals surface area contributed by atoms with Gasteiger partial charge >= 0.3 is 0 Å². The van der Waals surface area contributed by atoms with Crippen LogP contribution < -0.4 is 10.1 Å². The number of rotatable bonds is 6. The summed E-state index contributed by atoms with van der Waals surface area (Å²) in [6, 6.07) is 6.79. The van der Waals surface area contributed by atoms with Crippen LogP contribution in [0.5, 0.6) is 11.6 Å². The van der Waals surface area contributed by atoms with Crippen LogP contribution in [-0.2, 0) is 0 Å². The number of nitrogens with one attached hydrogen (secondary N) is 2. The summed E-state index contributed by atoms with van der Waals surface area (Å²) in [5.41, 5.74) is 0.313. The molecule has 11 heteroatoms. The van der Waals surface area contributed by atoms with Gasteiger partial charge in [0.25, 0.3) is 6.43 Å². The third kappa shape index (κ3) is 3.43. The van der Waals surface area contributed by atoms with Gasteiger partial charge in [-0.05, 0) is 50.0 Å². The first-order chi connectivity index (χ1) is 15.8. The molecule has 3 aliphatic rings. The molecule has 0 radical (unpaired) electrons. The Morgan fingerprint density at radius 3 is 2.70 bits per heavy atom. The number of hydrogen-bond donors (Lipinski definition) is 2. The molecule has 0 atom stereocenters. The molecule has 0 spiro atoms. The summed E-state index contributed by atoms with van der Waals surface area (Å²) >= 11 is 6.30. The van der Waals surface area contributed by atoms with Gasteiger partial charge in [-0.1, -0.05) is 11.6 Å². The molecular formula is C22H16ClF2N7O. The highest BCUT2D eigenvalue weighted by molar-refractivity contribution is 6.32. The van der Waals surface area contributed by atoms with E-state index in [4.69, 9.17) is 21.6 Å². The Morgan fingerprint density at radius 2 is 2.03 bits per heavy atom. The molecule has 8 nitrogen and oxygen atoms in total. The molecule has 166 valence electrons. The van der Waals surface area contributed by atoms with Gasteiger partial charge in [0.05, 0.1) is 28.1 Å².